The fraction of sp³-hybridized carbons (Fsp3) is 0.440. The zero-order valence-electron chi connectivity index (χ0n) is 21.9. The van der Waals surface area contributed by atoms with Crippen LogP contribution in [-0.4, -0.2) is 65.2 Å². The SMILES string of the molecule is CNC(=O)C(Cc1ccc2ccccc2c1)NC(=O)[C@@H](CCCN(C(=N)N)[N+](=O)[O-])NC(=O)OC(C)(C)C. The Hall–Kier alpha value is -4.42. The van der Waals surface area contributed by atoms with E-state index in [0.717, 1.165) is 16.3 Å². The molecular formula is C25H35N7O6. The molecule has 6 N–H and O–H groups in total. The predicted octanol–water partition coefficient (Wildman–Crippen LogP) is 1.67. The second kappa shape index (κ2) is 13.2. The van der Waals surface area contributed by atoms with E-state index in [9.17, 15) is 24.5 Å². The van der Waals surface area contributed by atoms with E-state index >= 15 is 0 Å². The lowest BCUT2D eigenvalue weighted by Gasteiger charge is -2.25. The standard InChI is InChI=1S/C25H35N7O6/c1-25(2,3)38-24(35)30-19(10-7-13-31(23(26)27)32(36)37)22(34)29-20(21(33)28-4)15-16-11-12-17-8-5-6-9-18(17)14-16/h5-6,8-9,11-12,14,19-20H,7,10,13,15H2,1-4H3,(H3,26,27)(H,28,33)(H,29,34)(H,30,35)/t19-,20?/m1/s1. The second-order valence-electron chi connectivity index (χ2n) is 9.65. The van der Waals surface area contributed by atoms with Gasteiger partial charge >= 0.3 is 6.09 Å². The Morgan fingerprint density at radius 1 is 1.08 bits per heavy atom. The predicted molar refractivity (Wildman–Crippen MR) is 142 cm³/mol. The number of carbonyl (C=O) groups excluding carboxylic acids is 3. The molecular weight excluding hydrogens is 494 g/mol. The van der Waals surface area contributed by atoms with Crippen molar-refractivity contribution in [3.05, 3.63) is 58.1 Å². The fourth-order valence-electron chi connectivity index (χ4n) is 3.71. The van der Waals surface area contributed by atoms with Gasteiger partial charge in [-0.15, -0.1) is 0 Å². The molecule has 0 aliphatic carbocycles. The van der Waals surface area contributed by atoms with Gasteiger partial charge in [0.1, 0.15) is 17.7 Å². The number of likely N-dealkylation sites (N-methyl/N-ethyl adjacent to an activating group) is 1. The highest BCUT2D eigenvalue weighted by Gasteiger charge is 2.29. The molecule has 13 nitrogen and oxygen atoms in total. The van der Waals surface area contributed by atoms with Crippen LogP contribution < -0.4 is 21.7 Å². The lowest BCUT2D eigenvalue weighted by Crippen LogP contribution is -2.54. The minimum atomic E-state index is -1.17. The van der Waals surface area contributed by atoms with Crippen LogP contribution in [0.25, 0.3) is 10.8 Å². The summed E-state index contributed by atoms with van der Waals surface area (Å²) >= 11 is 0. The number of hydrogen-bond donors (Lipinski definition) is 5. The Bertz CT molecular complexity index is 1170. The Labute approximate surface area is 220 Å². The Morgan fingerprint density at radius 2 is 1.74 bits per heavy atom. The summed E-state index contributed by atoms with van der Waals surface area (Å²) in [6.07, 6.45) is -0.682. The average molecular weight is 530 g/mol. The molecule has 2 rings (SSSR count). The third-order valence-electron chi connectivity index (χ3n) is 5.48. The maximum absolute atomic E-state index is 13.2. The third-order valence-corrected chi connectivity index (χ3v) is 5.48. The molecule has 1 unspecified atom stereocenters. The van der Waals surface area contributed by atoms with Crippen LogP contribution in [0.15, 0.2) is 42.5 Å². The zero-order valence-corrected chi connectivity index (χ0v) is 21.9. The van der Waals surface area contributed by atoms with E-state index < -0.39 is 46.6 Å². The molecule has 0 aromatic heterocycles. The molecule has 0 bridgehead atoms. The Kier molecular flexibility index (Phi) is 10.4. The van der Waals surface area contributed by atoms with E-state index in [1.54, 1.807) is 20.8 Å². The minimum absolute atomic E-state index is 0.0315. The largest absolute Gasteiger partial charge is 0.444 e. The van der Waals surface area contributed by atoms with Crippen molar-refractivity contribution in [2.24, 2.45) is 5.73 Å². The van der Waals surface area contributed by atoms with Crippen LogP contribution in [0.1, 0.15) is 39.2 Å². The molecule has 0 aliphatic heterocycles. The van der Waals surface area contributed by atoms with Crippen molar-refractivity contribution >= 4 is 34.6 Å². The summed E-state index contributed by atoms with van der Waals surface area (Å²) in [5.41, 5.74) is 5.23. The van der Waals surface area contributed by atoms with Crippen molar-refractivity contribution in [2.45, 2.75) is 57.7 Å². The van der Waals surface area contributed by atoms with Gasteiger partial charge in [-0.25, -0.2) is 14.9 Å². The number of fused-ring (bicyclic) bond motifs is 1. The number of benzene rings is 2. The number of hydrazine groups is 1. The van der Waals surface area contributed by atoms with Crippen LogP contribution in [0.2, 0.25) is 0 Å². The van der Waals surface area contributed by atoms with Crippen LogP contribution >= 0.6 is 0 Å². The van der Waals surface area contributed by atoms with Gasteiger partial charge in [-0.1, -0.05) is 47.5 Å². The molecule has 0 aliphatic rings. The van der Waals surface area contributed by atoms with Gasteiger partial charge in [-0.2, -0.15) is 0 Å². The quantitative estimate of drug-likeness (QED) is 0.125. The highest BCUT2D eigenvalue weighted by atomic mass is 16.7. The number of nitro groups is 1. The number of ether oxygens (including phenoxy) is 1. The van der Waals surface area contributed by atoms with E-state index in [0.29, 0.717) is 5.01 Å². The third kappa shape index (κ3) is 9.22. The Balaban J connectivity index is 2.20. The highest BCUT2D eigenvalue weighted by molar-refractivity contribution is 5.91. The van der Waals surface area contributed by atoms with Crippen LogP contribution in [-0.2, 0) is 20.7 Å². The van der Waals surface area contributed by atoms with E-state index in [2.05, 4.69) is 16.0 Å². The maximum Gasteiger partial charge on any atom is 0.408 e. The first-order chi connectivity index (χ1) is 17.8. The molecule has 13 heteroatoms. The summed E-state index contributed by atoms with van der Waals surface area (Å²) in [6, 6.07) is 11.3. The molecule has 0 heterocycles. The summed E-state index contributed by atoms with van der Waals surface area (Å²) in [6.45, 7) is 4.72. The van der Waals surface area contributed by atoms with Gasteiger partial charge in [0.2, 0.25) is 11.8 Å². The summed E-state index contributed by atoms with van der Waals surface area (Å²) in [5.74, 6) is -1.86. The van der Waals surface area contributed by atoms with Gasteiger partial charge in [0.15, 0.2) is 5.03 Å². The number of carbonyl (C=O) groups is 3. The summed E-state index contributed by atoms with van der Waals surface area (Å²) in [4.78, 5) is 49.4. The molecule has 38 heavy (non-hydrogen) atoms. The molecule has 0 radical (unpaired) electrons. The average Bonchev–Trinajstić information content (AvgIpc) is 2.83. The molecule has 0 spiro atoms. The van der Waals surface area contributed by atoms with Gasteiger partial charge in [0.25, 0.3) is 5.96 Å². The molecule has 0 fully saturated rings. The van der Waals surface area contributed by atoms with Crippen LogP contribution in [0.3, 0.4) is 0 Å². The molecule has 2 aromatic rings. The maximum atomic E-state index is 13.2. The first-order valence-corrected chi connectivity index (χ1v) is 12.1. The molecule has 206 valence electrons. The highest BCUT2D eigenvalue weighted by Crippen LogP contribution is 2.17. The van der Waals surface area contributed by atoms with Crippen molar-refractivity contribution in [3.63, 3.8) is 0 Å². The van der Waals surface area contributed by atoms with E-state index in [4.69, 9.17) is 15.9 Å². The Morgan fingerprint density at radius 3 is 2.32 bits per heavy atom. The van der Waals surface area contributed by atoms with Gasteiger partial charge in [-0.05, 0) is 49.9 Å². The van der Waals surface area contributed by atoms with Gasteiger partial charge in [-0.3, -0.25) is 15.0 Å². The van der Waals surface area contributed by atoms with Crippen LogP contribution in [0, 0.1) is 15.5 Å². The van der Waals surface area contributed by atoms with Gasteiger partial charge in [0, 0.05) is 13.5 Å². The zero-order chi connectivity index (χ0) is 28.5. The van der Waals surface area contributed by atoms with Crippen LogP contribution in [0.5, 0.6) is 0 Å². The van der Waals surface area contributed by atoms with Crippen molar-refractivity contribution in [1.82, 2.24) is 21.0 Å². The fourth-order valence-corrected chi connectivity index (χ4v) is 3.71. The molecule has 2 aromatic carbocycles. The normalized spacial score (nSPS) is 12.6. The van der Waals surface area contributed by atoms with Crippen molar-refractivity contribution < 1.29 is 24.2 Å². The smallest absolute Gasteiger partial charge is 0.408 e. The summed E-state index contributed by atoms with van der Waals surface area (Å²) in [7, 11) is 1.45. The number of nitrogens with zero attached hydrogens (tertiary/aromatic N) is 2. The molecule has 0 saturated heterocycles. The molecule has 3 amide bonds. The second-order valence-corrected chi connectivity index (χ2v) is 9.65. The number of hydrogen-bond acceptors (Lipinski definition) is 7. The van der Waals surface area contributed by atoms with Gasteiger partial charge < -0.3 is 26.4 Å². The number of nitrogens with one attached hydrogen (secondary N) is 4. The number of nitrogens with two attached hydrogens (primary N) is 1. The van der Waals surface area contributed by atoms with Crippen molar-refractivity contribution in [3.8, 4) is 0 Å². The number of amides is 3. The molecule has 2 atom stereocenters. The number of alkyl carbamates (subject to hydrolysis) is 1. The topological polar surface area (TPSA) is 193 Å². The van der Waals surface area contributed by atoms with Crippen LogP contribution in [0.4, 0.5) is 4.79 Å². The lowest BCUT2D eigenvalue weighted by atomic mass is 10.0. The van der Waals surface area contributed by atoms with E-state index in [1.807, 2.05) is 42.5 Å². The van der Waals surface area contributed by atoms with Crippen molar-refractivity contribution in [1.29, 1.82) is 5.41 Å². The number of guanidine groups is 1. The monoisotopic (exact) mass is 529 g/mol. The lowest BCUT2D eigenvalue weighted by molar-refractivity contribution is -0.629. The van der Waals surface area contributed by atoms with Gasteiger partial charge in [0.05, 0.1) is 6.54 Å². The first-order valence-electron chi connectivity index (χ1n) is 12.1. The van der Waals surface area contributed by atoms with E-state index in [-0.39, 0.29) is 25.8 Å². The number of rotatable bonds is 11. The minimum Gasteiger partial charge on any atom is -0.444 e. The molecule has 0 saturated carbocycles. The summed E-state index contributed by atoms with van der Waals surface area (Å²) in [5, 5.41) is 27.7. The van der Waals surface area contributed by atoms with Crippen molar-refractivity contribution in [2.75, 3.05) is 13.6 Å². The van der Waals surface area contributed by atoms with E-state index in [1.165, 1.54) is 7.05 Å². The summed E-state index contributed by atoms with van der Waals surface area (Å²) < 4.78 is 5.25. The first kappa shape index (κ1) is 29.8.